The monoisotopic (exact) mass is 267 g/mol. The van der Waals surface area contributed by atoms with Gasteiger partial charge in [-0.15, -0.1) is 0 Å². The Morgan fingerprint density at radius 2 is 2.05 bits per heavy atom. The fraction of sp³-hybridized carbons (Fsp3) is 0.933. The van der Waals surface area contributed by atoms with Gasteiger partial charge in [-0.05, 0) is 31.6 Å². The van der Waals surface area contributed by atoms with Crippen molar-refractivity contribution in [2.75, 3.05) is 13.1 Å². The molecule has 4 nitrogen and oxygen atoms in total. The SMILES string of the molecule is CC(C)CN=C(N)NCC1CCC2(CCCCC2)O1. The van der Waals surface area contributed by atoms with E-state index in [2.05, 4.69) is 24.2 Å². The van der Waals surface area contributed by atoms with Crippen LogP contribution in [0, 0.1) is 5.92 Å². The van der Waals surface area contributed by atoms with Gasteiger partial charge in [0, 0.05) is 13.1 Å². The van der Waals surface area contributed by atoms with Gasteiger partial charge in [0.15, 0.2) is 5.96 Å². The zero-order valence-electron chi connectivity index (χ0n) is 12.5. The van der Waals surface area contributed by atoms with Gasteiger partial charge in [-0.25, -0.2) is 0 Å². The van der Waals surface area contributed by atoms with E-state index in [9.17, 15) is 0 Å². The van der Waals surface area contributed by atoms with Crippen LogP contribution < -0.4 is 11.1 Å². The van der Waals surface area contributed by atoms with Gasteiger partial charge < -0.3 is 15.8 Å². The molecule has 1 atom stereocenters. The largest absolute Gasteiger partial charge is 0.370 e. The zero-order valence-corrected chi connectivity index (χ0v) is 12.5. The van der Waals surface area contributed by atoms with Crippen molar-refractivity contribution in [1.29, 1.82) is 0 Å². The topological polar surface area (TPSA) is 59.6 Å². The molecule has 2 aliphatic rings. The summed E-state index contributed by atoms with van der Waals surface area (Å²) in [6.07, 6.45) is 9.23. The van der Waals surface area contributed by atoms with Crippen LogP contribution in [0.5, 0.6) is 0 Å². The number of hydrogen-bond acceptors (Lipinski definition) is 2. The molecule has 0 amide bonds. The maximum atomic E-state index is 6.29. The van der Waals surface area contributed by atoms with E-state index in [1.165, 1.54) is 38.5 Å². The molecule has 4 heteroatoms. The van der Waals surface area contributed by atoms with Crippen molar-refractivity contribution in [3.63, 3.8) is 0 Å². The van der Waals surface area contributed by atoms with Crippen LogP contribution in [0.25, 0.3) is 0 Å². The zero-order chi connectivity index (χ0) is 13.7. The first-order valence-corrected chi connectivity index (χ1v) is 7.81. The molecule has 1 saturated heterocycles. The molecule has 0 aromatic heterocycles. The van der Waals surface area contributed by atoms with Crippen LogP contribution in [0.1, 0.15) is 58.8 Å². The second-order valence-corrected chi connectivity index (χ2v) is 6.52. The maximum absolute atomic E-state index is 6.29. The summed E-state index contributed by atoms with van der Waals surface area (Å²) >= 11 is 0. The van der Waals surface area contributed by atoms with Gasteiger partial charge in [-0.3, -0.25) is 4.99 Å². The van der Waals surface area contributed by atoms with Crippen molar-refractivity contribution in [2.45, 2.75) is 70.5 Å². The average Bonchev–Trinajstić information content (AvgIpc) is 2.78. The smallest absolute Gasteiger partial charge is 0.188 e. The van der Waals surface area contributed by atoms with E-state index in [0.29, 0.717) is 18.0 Å². The number of nitrogens with zero attached hydrogens (tertiary/aromatic N) is 1. The number of ether oxygens (including phenoxy) is 1. The molecule has 0 radical (unpaired) electrons. The van der Waals surface area contributed by atoms with Crippen molar-refractivity contribution in [2.24, 2.45) is 16.6 Å². The highest BCUT2D eigenvalue weighted by Gasteiger charge is 2.40. The van der Waals surface area contributed by atoms with Crippen LogP contribution in [-0.2, 0) is 4.74 Å². The molecule has 3 N–H and O–H groups in total. The molecule has 0 bridgehead atoms. The third-order valence-electron chi connectivity index (χ3n) is 4.24. The van der Waals surface area contributed by atoms with Crippen LogP contribution >= 0.6 is 0 Å². The Kier molecular flexibility index (Phi) is 5.08. The number of guanidine groups is 1. The van der Waals surface area contributed by atoms with E-state index in [4.69, 9.17) is 10.5 Å². The summed E-state index contributed by atoms with van der Waals surface area (Å²) in [6.45, 7) is 5.87. The molecule has 2 fully saturated rings. The highest BCUT2D eigenvalue weighted by molar-refractivity contribution is 5.77. The van der Waals surface area contributed by atoms with Crippen molar-refractivity contribution < 1.29 is 4.74 Å². The second-order valence-electron chi connectivity index (χ2n) is 6.52. The normalized spacial score (nSPS) is 27.1. The first-order valence-electron chi connectivity index (χ1n) is 7.81. The molecule has 1 unspecified atom stereocenters. The van der Waals surface area contributed by atoms with E-state index in [1.807, 2.05) is 0 Å². The van der Waals surface area contributed by atoms with Gasteiger partial charge in [0.05, 0.1) is 11.7 Å². The van der Waals surface area contributed by atoms with Crippen LogP contribution in [0.15, 0.2) is 4.99 Å². The van der Waals surface area contributed by atoms with Gasteiger partial charge in [-0.2, -0.15) is 0 Å². The molecule has 2 rings (SSSR count). The molecule has 1 heterocycles. The molecule has 1 aliphatic carbocycles. The Hall–Kier alpha value is -0.770. The minimum absolute atomic E-state index is 0.203. The number of hydrogen-bond donors (Lipinski definition) is 2. The van der Waals surface area contributed by atoms with Gasteiger partial charge >= 0.3 is 0 Å². The summed E-state index contributed by atoms with van der Waals surface area (Å²) in [4.78, 5) is 4.32. The van der Waals surface area contributed by atoms with E-state index >= 15 is 0 Å². The summed E-state index contributed by atoms with van der Waals surface area (Å²) in [5, 5.41) is 3.20. The lowest BCUT2D eigenvalue weighted by atomic mass is 9.83. The maximum Gasteiger partial charge on any atom is 0.188 e. The summed E-state index contributed by atoms with van der Waals surface area (Å²) in [5.41, 5.74) is 6.06. The fourth-order valence-corrected chi connectivity index (χ4v) is 3.16. The lowest BCUT2D eigenvalue weighted by molar-refractivity contribution is -0.0612. The lowest BCUT2D eigenvalue weighted by Crippen LogP contribution is -2.39. The third-order valence-corrected chi connectivity index (χ3v) is 4.24. The molecular weight excluding hydrogens is 238 g/mol. The Labute approximate surface area is 117 Å². The standard InChI is InChI=1S/C15H29N3O/c1-12(2)10-17-14(16)18-11-13-6-9-15(19-13)7-4-3-5-8-15/h12-13H,3-11H2,1-2H3,(H3,16,17,18). The predicted octanol–water partition coefficient (Wildman–Crippen LogP) is 2.43. The molecule has 1 aliphatic heterocycles. The first-order chi connectivity index (χ1) is 9.10. The summed E-state index contributed by atoms with van der Waals surface area (Å²) in [6, 6.07) is 0. The van der Waals surface area contributed by atoms with Crippen molar-refractivity contribution in [1.82, 2.24) is 5.32 Å². The van der Waals surface area contributed by atoms with Crippen molar-refractivity contribution in [3.05, 3.63) is 0 Å². The van der Waals surface area contributed by atoms with Gasteiger partial charge in [0.2, 0.25) is 0 Å². The molecule has 0 aromatic rings. The Bertz CT molecular complexity index is 309. The molecule has 0 aromatic carbocycles. The van der Waals surface area contributed by atoms with E-state index in [-0.39, 0.29) is 5.60 Å². The number of nitrogens with one attached hydrogen (secondary N) is 1. The van der Waals surface area contributed by atoms with Gasteiger partial charge in [-0.1, -0.05) is 33.1 Å². The predicted molar refractivity (Wildman–Crippen MR) is 79.3 cm³/mol. The van der Waals surface area contributed by atoms with Gasteiger partial charge in [0.1, 0.15) is 0 Å². The van der Waals surface area contributed by atoms with Gasteiger partial charge in [0.25, 0.3) is 0 Å². The Morgan fingerprint density at radius 3 is 2.74 bits per heavy atom. The van der Waals surface area contributed by atoms with Crippen LogP contribution in [0.4, 0.5) is 0 Å². The highest BCUT2D eigenvalue weighted by atomic mass is 16.5. The third kappa shape index (κ3) is 4.37. The molecule has 1 saturated carbocycles. The quantitative estimate of drug-likeness (QED) is 0.607. The van der Waals surface area contributed by atoms with Crippen molar-refractivity contribution >= 4 is 5.96 Å². The number of nitrogens with two attached hydrogens (primary N) is 1. The number of aliphatic imine (C=N–C) groups is 1. The lowest BCUT2D eigenvalue weighted by Gasteiger charge is -2.33. The summed E-state index contributed by atoms with van der Waals surface area (Å²) in [7, 11) is 0. The first kappa shape index (κ1) is 14.6. The fourth-order valence-electron chi connectivity index (χ4n) is 3.16. The van der Waals surface area contributed by atoms with Crippen LogP contribution in [0.3, 0.4) is 0 Å². The summed E-state index contributed by atoms with van der Waals surface area (Å²) in [5.74, 6) is 1.11. The summed E-state index contributed by atoms with van der Waals surface area (Å²) < 4.78 is 6.29. The Morgan fingerprint density at radius 1 is 1.32 bits per heavy atom. The van der Waals surface area contributed by atoms with E-state index in [1.54, 1.807) is 0 Å². The Balaban J connectivity index is 1.71. The number of rotatable bonds is 4. The second kappa shape index (κ2) is 6.60. The van der Waals surface area contributed by atoms with E-state index in [0.717, 1.165) is 19.5 Å². The molecule has 110 valence electrons. The highest BCUT2D eigenvalue weighted by Crippen LogP contribution is 2.41. The molecule has 19 heavy (non-hydrogen) atoms. The van der Waals surface area contributed by atoms with Crippen LogP contribution in [0.2, 0.25) is 0 Å². The minimum atomic E-state index is 0.203. The minimum Gasteiger partial charge on any atom is -0.370 e. The average molecular weight is 267 g/mol. The van der Waals surface area contributed by atoms with E-state index < -0.39 is 0 Å². The molecule has 1 spiro atoms. The van der Waals surface area contributed by atoms with Crippen molar-refractivity contribution in [3.8, 4) is 0 Å². The molecular formula is C15H29N3O. The van der Waals surface area contributed by atoms with Crippen LogP contribution in [-0.4, -0.2) is 30.8 Å².